The van der Waals surface area contributed by atoms with Gasteiger partial charge in [-0.05, 0) is 36.2 Å². The topological polar surface area (TPSA) is 24.9 Å². The van der Waals surface area contributed by atoms with Crippen LogP contribution in [0.5, 0.6) is 0 Å². The van der Waals surface area contributed by atoms with E-state index in [1.165, 1.54) is 16.5 Å². The fraction of sp³-hybridized carbons (Fsp3) is 0.167. The standard InChI is InChI=1S/C18H17ClN2/c1-13(14-7-9-17(19)10-8-14)21-12-16-5-2-4-15-6-3-11-20-18(15)16/h2-11,13,21H,12H2,1H3/t13-/m1/s1. The molecule has 106 valence electrons. The highest BCUT2D eigenvalue weighted by Crippen LogP contribution is 2.19. The number of pyridine rings is 1. The number of hydrogen-bond donors (Lipinski definition) is 1. The van der Waals surface area contributed by atoms with Crippen LogP contribution in [0, 0.1) is 0 Å². The Morgan fingerprint density at radius 2 is 1.81 bits per heavy atom. The molecule has 3 heteroatoms. The fourth-order valence-corrected chi connectivity index (χ4v) is 2.57. The van der Waals surface area contributed by atoms with Crippen LogP contribution >= 0.6 is 11.6 Å². The number of rotatable bonds is 4. The lowest BCUT2D eigenvalue weighted by Crippen LogP contribution is -2.18. The fourth-order valence-electron chi connectivity index (χ4n) is 2.44. The summed E-state index contributed by atoms with van der Waals surface area (Å²) < 4.78 is 0. The summed E-state index contributed by atoms with van der Waals surface area (Å²) in [4.78, 5) is 4.49. The lowest BCUT2D eigenvalue weighted by molar-refractivity contribution is 0.576. The van der Waals surface area contributed by atoms with Crippen LogP contribution in [0.2, 0.25) is 5.02 Å². The molecule has 0 aliphatic rings. The highest BCUT2D eigenvalue weighted by molar-refractivity contribution is 6.30. The molecule has 3 rings (SSSR count). The maximum Gasteiger partial charge on any atom is 0.0746 e. The molecule has 1 atom stereocenters. The van der Waals surface area contributed by atoms with Crippen LogP contribution in [0.25, 0.3) is 10.9 Å². The molecule has 1 heterocycles. The van der Waals surface area contributed by atoms with E-state index in [0.717, 1.165) is 17.1 Å². The largest absolute Gasteiger partial charge is 0.306 e. The first-order chi connectivity index (χ1) is 10.2. The molecule has 0 amide bonds. The summed E-state index contributed by atoms with van der Waals surface area (Å²) in [6.07, 6.45) is 1.84. The monoisotopic (exact) mass is 296 g/mol. The quantitative estimate of drug-likeness (QED) is 0.752. The van der Waals surface area contributed by atoms with E-state index in [0.29, 0.717) is 0 Å². The Morgan fingerprint density at radius 1 is 1.05 bits per heavy atom. The first-order valence-electron chi connectivity index (χ1n) is 7.05. The van der Waals surface area contributed by atoms with E-state index in [2.05, 4.69) is 53.6 Å². The molecule has 0 radical (unpaired) electrons. The minimum absolute atomic E-state index is 0.265. The number of benzene rings is 2. The van der Waals surface area contributed by atoms with Gasteiger partial charge in [-0.2, -0.15) is 0 Å². The Labute approximate surface area is 129 Å². The second kappa shape index (κ2) is 6.25. The number of nitrogens with one attached hydrogen (secondary N) is 1. The van der Waals surface area contributed by atoms with E-state index in [9.17, 15) is 0 Å². The normalized spacial score (nSPS) is 12.5. The minimum atomic E-state index is 0.265. The van der Waals surface area contributed by atoms with Crippen molar-refractivity contribution in [1.82, 2.24) is 10.3 Å². The molecule has 0 unspecified atom stereocenters. The van der Waals surface area contributed by atoms with E-state index < -0.39 is 0 Å². The average molecular weight is 297 g/mol. The van der Waals surface area contributed by atoms with Crippen LogP contribution in [-0.4, -0.2) is 4.98 Å². The number of halogens is 1. The van der Waals surface area contributed by atoms with Gasteiger partial charge in [-0.25, -0.2) is 0 Å². The highest BCUT2D eigenvalue weighted by Gasteiger charge is 2.07. The van der Waals surface area contributed by atoms with Gasteiger partial charge < -0.3 is 5.32 Å². The molecule has 0 spiro atoms. The highest BCUT2D eigenvalue weighted by atomic mass is 35.5. The van der Waals surface area contributed by atoms with Crippen LogP contribution in [0.3, 0.4) is 0 Å². The summed E-state index contributed by atoms with van der Waals surface area (Å²) in [5, 5.41) is 5.49. The van der Waals surface area contributed by atoms with Gasteiger partial charge in [0, 0.05) is 29.2 Å². The van der Waals surface area contributed by atoms with E-state index in [1.54, 1.807) is 0 Å². The lowest BCUT2D eigenvalue weighted by Gasteiger charge is -2.15. The number of fused-ring (bicyclic) bond motifs is 1. The van der Waals surface area contributed by atoms with Gasteiger partial charge in [0.15, 0.2) is 0 Å². The molecule has 0 fully saturated rings. The molecule has 3 aromatic rings. The van der Waals surface area contributed by atoms with E-state index in [-0.39, 0.29) is 6.04 Å². The first kappa shape index (κ1) is 14.1. The molecule has 0 bridgehead atoms. The second-order valence-corrected chi connectivity index (χ2v) is 5.58. The van der Waals surface area contributed by atoms with Gasteiger partial charge >= 0.3 is 0 Å². The van der Waals surface area contributed by atoms with Crippen molar-refractivity contribution >= 4 is 22.5 Å². The number of aromatic nitrogens is 1. The van der Waals surface area contributed by atoms with Gasteiger partial charge in [-0.3, -0.25) is 4.98 Å². The van der Waals surface area contributed by atoms with Gasteiger partial charge in [0.05, 0.1) is 5.52 Å². The van der Waals surface area contributed by atoms with E-state index in [4.69, 9.17) is 11.6 Å². The smallest absolute Gasteiger partial charge is 0.0746 e. The Hall–Kier alpha value is -1.90. The van der Waals surface area contributed by atoms with Gasteiger partial charge in [0.25, 0.3) is 0 Å². The van der Waals surface area contributed by atoms with Crippen molar-refractivity contribution in [2.45, 2.75) is 19.5 Å². The zero-order valence-corrected chi connectivity index (χ0v) is 12.6. The van der Waals surface area contributed by atoms with Crippen molar-refractivity contribution in [3.63, 3.8) is 0 Å². The number of hydrogen-bond acceptors (Lipinski definition) is 2. The number of para-hydroxylation sites is 1. The predicted octanol–water partition coefficient (Wildman–Crippen LogP) is 4.74. The summed E-state index contributed by atoms with van der Waals surface area (Å²) in [5.74, 6) is 0. The molecule has 0 aliphatic heterocycles. The van der Waals surface area contributed by atoms with E-state index in [1.807, 2.05) is 24.4 Å². The predicted molar refractivity (Wildman–Crippen MR) is 88.4 cm³/mol. The van der Waals surface area contributed by atoms with Crippen LogP contribution in [0.4, 0.5) is 0 Å². The van der Waals surface area contributed by atoms with Gasteiger partial charge in [0.1, 0.15) is 0 Å². The Bertz CT molecular complexity index is 732. The maximum atomic E-state index is 5.93. The Morgan fingerprint density at radius 3 is 2.62 bits per heavy atom. The van der Waals surface area contributed by atoms with Gasteiger partial charge in [0.2, 0.25) is 0 Å². The van der Waals surface area contributed by atoms with E-state index >= 15 is 0 Å². The van der Waals surface area contributed by atoms with Crippen molar-refractivity contribution in [3.8, 4) is 0 Å². The third kappa shape index (κ3) is 3.23. The molecular weight excluding hydrogens is 280 g/mol. The molecule has 0 aliphatic carbocycles. The van der Waals surface area contributed by atoms with Crippen molar-refractivity contribution in [1.29, 1.82) is 0 Å². The van der Waals surface area contributed by atoms with Crippen LogP contribution in [0.15, 0.2) is 60.8 Å². The number of nitrogens with zero attached hydrogens (tertiary/aromatic N) is 1. The first-order valence-corrected chi connectivity index (χ1v) is 7.43. The molecule has 0 saturated heterocycles. The molecule has 0 saturated carbocycles. The van der Waals surface area contributed by atoms with Gasteiger partial charge in [-0.1, -0.05) is 48.0 Å². The maximum absolute atomic E-state index is 5.93. The van der Waals surface area contributed by atoms with Crippen molar-refractivity contribution in [2.24, 2.45) is 0 Å². The lowest BCUT2D eigenvalue weighted by atomic mass is 10.1. The zero-order valence-electron chi connectivity index (χ0n) is 11.9. The second-order valence-electron chi connectivity index (χ2n) is 5.15. The molecule has 2 aromatic carbocycles. The zero-order chi connectivity index (χ0) is 14.7. The van der Waals surface area contributed by atoms with Crippen molar-refractivity contribution < 1.29 is 0 Å². The minimum Gasteiger partial charge on any atom is -0.306 e. The molecular formula is C18H17ClN2. The summed E-state index contributed by atoms with van der Waals surface area (Å²) in [5.41, 5.74) is 3.51. The van der Waals surface area contributed by atoms with Crippen LogP contribution in [0.1, 0.15) is 24.1 Å². The summed E-state index contributed by atoms with van der Waals surface area (Å²) in [7, 11) is 0. The third-order valence-electron chi connectivity index (χ3n) is 3.68. The van der Waals surface area contributed by atoms with Crippen molar-refractivity contribution in [2.75, 3.05) is 0 Å². The Kier molecular flexibility index (Phi) is 4.18. The molecule has 1 N–H and O–H groups in total. The Balaban J connectivity index is 1.76. The summed E-state index contributed by atoms with van der Waals surface area (Å²) in [6, 6.07) is 18.6. The molecule has 2 nitrogen and oxygen atoms in total. The van der Waals surface area contributed by atoms with Gasteiger partial charge in [-0.15, -0.1) is 0 Å². The van der Waals surface area contributed by atoms with Crippen LogP contribution < -0.4 is 5.32 Å². The average Bonchev–Trinajstić information content (AvgIpc) is 2.53. The van der Waals surface area contributed by atoms with Crippen molar-refractivity contribution in [3.05, 3.63) is 76.9 Å². The SMILES string of the molecule is C[C@@H](NCc1cccc2cccnc12)c1ccc(Cl)cc1. The molecule has 1 aromatic heterocycles. The summed E-state index contributed by atoms with van der Waals surface area (Å²) in [6.45, 7) is 2.94. The third-order valence-corrected chi connectivity index (χ3v) is 3.94. The molecule has 21 heavy (non-hydrogen) atoms. The summed E-state index contributed by atoms with van der Waals surface area (Å²) >= 11 is 5.93. The van der Waals surface area contributed by atoms with Crippen LogP contribution in [-0.2, 0) is 6.54 Å².